The maximum Gasteiger partial charge on any atom is 0.214 e. The van der Waals surface area contributed by atoms with Crippen LogP contribution in [0, 0.1) is 4.77 Å². The number of hydrogen-bond donors (Lipinski definition) is 3. The molecule has 2 aromatic rings. The number of H-pyrrole nitrogens is 1. The van der Waals surface area contributed by atoms with E-state index in [4.69, 9.17) is 36.0 Å². The van der Waals surface area contributed by atoms with Crippen LogP contribution in [0.2, 0.25) is 5.02 Å². The molecule has 0 atom stereocenters. The Morgan fingerprint density at radius 2 is 2.11 bits per heavy atom. The maximum absolute atomic E-state index is 5.82. The summed E-state index contributed by atoms with van der Waals surface area (Å²) in [5.41, 5.74) is 3.82. The Morgan fingerprint density at radius 1 is 1.42 bits per heavy atom. The molecular formula is C11H12ClN5S2. The molecule has 1 aromatic heterocycles. The zero-order valence-corrected chi connectivity index (χ0v) is 12.5. The van der Waals surface area contributed by atoms with E-state index in [0.29, 0.717) is 14.9 Å². The molecule has 1 heterocycles. The Morgan fingerprint density at radius 3 is 2.74 bits per heavy atom. The quantitative estimate of drug-likeness (QED) is 0.760. The lowest BCUT2D eigenvalue weighted by molar-refractivity contribution is 0.839. The van der Waals surface area contributed by atoms with Gasteiger partial charge in [-0.2, -0.15) is 5.10 Å². The molecule has 0 aliphatic carbocycles. The van der Waals surface area contributed by atoms with Crippen LogP contribution in [0.3, 0.4) is 0 Å². The molecular weight excluding hydrogens is 302 g/mol. The summed E-state index contributed by atoms with van der Waals surface area (Å²) in [6.45, 7) is 1.98. The molecule has 8 heteroatoms. The van der Waals surface area contributed by atoms with Gasteiger partial charge in [-0.05, 0) is 48.7 Å². The van der Waals surface area contributed by atoms with Crippen molar-refractivity contribution in [1.29, 1.82) is 0 Å². The zero-order valence-electron chi connectivity index (χ0n) is 10.1. The lowest BCUT2D eigenvalue weighted by Crippen LogP contribution is -2.28. The van der Waals surface area contributed by atoms with Gasteiger partial charge < -0.3 is 5.32 Å². The normalized spacial score (nSPS) is 10.2. The molecule has 0 saturated carbocycles. The minimum absolute atomic E-state index is 0.425. The number of rotatable bonds is 3. The Labute approximate surface area is 126 Å². The molecule has 0 spiro atoms. The van der Waals surface area contributed by atoms with Gasteiger partial charge in [-0.15, -0.1) is 0 Å². The molecule has 3 N–H and O–H groups in total. The van der Waals surface area contributed by atoms with Crippen LogP contribution in [0.4, 0.5) is 5.69 Å². The number of aromatic nitrogens is 3. The van der Waals surface area contributed by atoms with E-state index in [1.165, 1.54) is 0 Å². The highest BCUT2D eigenvalue weighted by atomic mass is 35.5. The Hall–Kier alpha value is -1.44. The molecule has 0 bridgehead atoms. The van der Waals surface area contributed by atoms with Crippen LogP contribution in [0.25, 0.3) is 0 Å². The van der Waals surface area contributed by atoms with Crippen molar-refractivity contribution in [2.24, 2.45) is 0 Å². The number of nitrogens with one attached hydrogen (secondary N) is 3. The van der Waals surface area contributed by atoms with Gasteiger partial charge in [0.2, 0.25) is 4.77 Å². The molecule has 19 heavy (non-hydrogen) atoms. The second kappa shape index (κ2) is 6.14. The summed E-state index contributed by atoms with van der Waals surface area (Å²) in [7, 11) is 0. The molecule has 0 aliphatic rings. The van der Waals surface area contributed by atoms with Crippen molar-refractivity contribution in [3.05, 3.63) is 39.9 Å². The van der Waals surface area contributed by atoms with E-state index in [0.717, 1.165) is 17.9 Å². The number of thiocarbonyl (C=S) groups is 1. The Balaban J connectivity index is 2.07. The van der Waals surface area contributed by atoms with E-state index in [1.54, 1.807) is 16.8 Å². The first-order valence-electron chi connectivity index (χ1n) is 5.60. The second-order valence-electron chi connectivity index (χ2n) is 3.71. The fourth-order valence-corrected chi connectivity index (χ4v) is 2.01. The molecule has 5 nitrogen and oxygen atoms in total. The highest BCUT2D eigenvalue weighted by Crippen LogP contribution is 2.13. The SMILES string of the molecule is CCc1n[nH]c(=S)n1NC(=S)Nc1ccc(Cl)cc1. The van der Waals surface area contributed by atoms with E-state index >= 15 is 0 Å². The molecule has 1 aromatic carbocycles. The van der Waals surface area contributed by atoms with E-state index in [1.807, 2.05) is 19.1 Å². The summed E-state index contributed by atoms with van der Waals surface area (Å²) in [5.74, 6) is 0.783. The summed E-state index contributed by atoms with van der Waals surface area (Å²) in [6, 6.07) is 7.25. The van der Waals surface area contributed by atoms with Gasteiger partial charge in [-0.25, -0.2) is 4.68 Å². The molecule has 0 radical (unpaired) electrons. The van der Waals surface area contributed by atoms with Gasteiger partial charge in [0.15, 0.2) is 10.9 Å². The van der Waals surface area contributed by atoms with E-state index in [9.17, 15) is 0 Å². The van der Waals surface area contributed by atoms with Gasteiger partial charge in [-0.3, -0.25) is 10.5 Å². The number of anilines is 1. The smallest absolute Gasteiger partial charge is 0.214 e. The fraction of sp³-hybridized carbons (Fsp3) is 0.182. The summed E-state index contributed by atoms with van der Waals surface area (Å²) < 4.78 is 2.11. The minimum atomic E-state index is 0.425. The average Bonchev–Trinajstić information content (AvgIpc) is 2.73. The maximum atomic E-state index is 5.82. The topological polar surface area (TPSA) is 57.7 Å². The number of hydrogen-bond acceptors (Lipinski definition) is 3. The first-order chi connectivity index (χ1) is 9.10. The number of aryl methyl sites for hydroxylation is 1. The third kappa shape index (κ3) is 3.52. The van der Waals surface area contributed by atoms with Gasteiger partial charge in [0.05, 0.1) is 0 Å². The van der Waals surface area contributed by atoms with Crippen LogP contribution in [0.15, 0.2) is 24.3 Å². The van der Waals surface area contributed by atoms with Gasteiger partial charge in [0.25, 0.3) is 0 Å². The van der Waals surface area contributed by atoms with Crippen molar-refractivity contribution < 1.29 is 0 Å². The standard InChI is InChI=1S/C11H12ClN5S2/c1-2-9-14-15-11(19)17(9)16-10(18)13-8-5-3-7(12)4-6-8/h3-6H,2H2,1H3,(H,15,19)(H2,13,16,18). The van der Waals surface area contributed by atoms with Gasteiger partial charge in [0.1, 0.15) is 0 Å². The van der Waals surface area contributed by atoms with Crippen molar-refractivity contribution in [1.82, 2.24) is 14.9 Å². The van der Waals surface area contributed by atoms with Gasteiger partial charge in [0, 0.05) is 17.1 Å². The molecule has 0 unspecified atom stereocenters. The first-order valence-corrected chi connectivity index (χ1v) is 6.79. The second-order valence-corrected chi connectivity index (χ2v) is 4.94. The first kappa shape index (κ1) is 14.0. The minimum Gasteiger partial charge on any atom is -0.331 e. The van der Waals surface area contributed by atoms with Crippen molar-refractivity contribution >= 4 is 46.8 Å². The molecule has 0 saturated heterocycles. The van der Waals surface area contributed by atoms with Crippen molar-refractivity contribution in [3.63, 3.8) is 0 Å². The number of nitrogens with zero attached hydrogens (tertiary/aromatic N) is 2. The van der Waals surface area contributed by atoms with E-state index < -0.39 is 0 Å². The highest BCUT2D eigenvalue weighted by molar-refractivity contribution is 7.80. The molecule has 0 aliphatic heterocycles. The van der Waals surface area contributed by atoms with Crippen LogP contribution in [-0.2, 0) is 6.42 Å². The number of benzene rings is 1. The van der Waals surface area contributed by atoms with Crippen LogP contribution in [0.1, 0.15) is 12.7 Å². The van der Waals surface area contributed by atoms with E-state index in [2.05, 4.69) is 20.9 Å². The van der Waals surface area contributed by atoms with Gasteiger partial charge >= 0.3 is 0 Å². The zero-order chi connectivity index (χ0) is 13.8. The fourth-order valence-electron chi connectivity index (χ4n) is 1.48. The largest absolute Gasteiger partial charge is 0.331 e. The van der Waals surface area contributed by atoms with Crippen LogP contribution >= 0.6 is 36.0 Å². The summed E-state index contributed by atoms with van der Waals surface area (Å²) in [5, 5.41) is 10.9. The predicted octanol–water partition coefficient (Wildman–Crippen LogP) is 3.10. The van der Waals surface area contributed by atoms with Crippen molar-refractivity contribution in [2.75, 3.05) is 10.7 Å². The summed E-state index contributed by atoms with van der Waals surface area (Å²) in [4.78, 5) is 0. The lowest BCUT2D eigenvalue weighted by atomic mass is 10.3. The Kier molecular flexibility index (Phi) is 4.52. The number of aromatic amines is 1. The van der Waals surface area contributed by atoms with Crippen molar-refractivity contribution in [3.8, 4) is 0 Å². The number of halogens is 1. The molecule has 100 valence electrons. The third-order valence-electron chi connectivity index (χ3n) is 2.37. The van der Waals surface area contributed by atoms with Crippen LogP contribution < -0.4 is 10.7 Å². The predicted molar refractivity (Wildman–Crippen MR) is 83.8 cm³/mol. The Bertz CT molecular complexity index is 631. The van der Waals surface area contributed by atoms with Gasteiger partial charge in [-0.1, -0.05) is 18.5 Å². The lowest BCUT2D eigenvalue weighted by Gasteiger charge is -2.12. The van der Waals surface area contributed by atoms with Crippen molar-refractivity contribution in [2.45, 2.75) is 13.3 Å². The summed E-state index contributed by atoms with van der Waals surface area (Å²) in [6.07, 6.45) is 0.740. The summed E-state index contributed by atoms with van der Waals surface area (Å²) >= 11 is 16.2. The monoisotopic (exact) mass is 313 g/mol. The van der Waals surface area contributed by atoms with E-state index in [-0.39, 0.29) is 0 Å². The highest BCUT2D eigenvalue weighted by Gasteiger charge is 2.05. The average molecular weight is 314 g/mol. The van der Waals surface area contributed by atoms with Crippen LogP contribution in [0.5, 0.6) is 0 Å². The molecule has 0 fully saturated rings. The van der Waals surface area contributed by atoms with Crippen LogP contribution in [-0.4, -0.2) is 20.0 Å². The third-order valence-corrected chi connectivity index (χ3v) is 3.09. The molecule has 0 amide bonds. The molecule has 2 rings (SSSR count).